The number of hydrogen-bond donors (Lipinski definition) is 1. The van der Waals surface area contributed by atoms with Crippen molar-refractivity contribution >= 4 is 21.4 Å². The number of aromatic nitrogens is 2. The second kappa shape index (κ2) is 6.69. The molecule has 21 heavy (non-hydrogen) atoms. The van der Waals surface area contributed by atoms with E-state index in [1.165, 1.54) is 21.4 Å². The lowest BCUT2D eigenvalue weighted by Gasteiger charge is -2.23. The maximum absolute atomic E-state index is 12.5. The van der Waals surface area contributed by atoms with Crippen molar-refractivity contribution in [2.75, 3.05) is 13.7 Å². The first-order valence-corrected chi connectivity index (χ1v) is 8.91. The molecule has 0 saturated carbocycles. The van der Waals surface area contributed by atoms with Crippen molar-refractivity contribution < 1.29 is 13.5 Å². The van der Waals surface area contributed by atoms with Crippen LogP contribution in [0.2, 0.25) is 0 Å². The molecule has 0 aliphatic carbocycles. The lowest BCUT2D eigenvalue weighted by Crippen LogP contribution is -2.36. The van der Waals surface area contributed by atoms with Crippen LogP contribution in [0.3, 0.4) is 0 Å². The Morgan fingerprint density at radius 1 is 1.52 bits per heavy atom. The maximum atomic E-state index is 12.5. The Balaban J connectivity index is 2.13. The van der Waals surface area contributed by atoms with Gasteiger partial charge in [-0.2, -0.15) is 9.40 Å². The number of sulfonamides is 1. The predicted molar refractivity (Wildman–Crippen MR) is 81.7 cm³/mol. The van der Waals surface area contributed by atoms with E-state index in [0.29, 0.717) is 6.42 Å². The van der Waals surface area contributed by atoms with Gasteiger partial charge in [0.1, 0.15) is 4.90 Å². The fraction of sp³-hybridized carbons (Fsp3) is 0.462. The minimum absolute atomic E-state index is 0.0776. The molecule has 0 spiro atoms. The summed E-state index contributed by atoms with van der Waals surface area (Å²) in [5.41, 5.74) is 0. The van der Waals surface area contributed by atoms with E-state index in [0.717, 1.165) is 4.88 Å². The molecule has 2 aromatic rings. The van der Waals surface area contributed by atoms with Crippen molar-refractivity contribution in [3.8, 4) is 0 Å². The van der Waals surface area contributed by atoms with Crippen LogP contribution in [0.5, 0.6) is 0 Å². The van der Waals surface area contributed by atoms with Gasteiger partial charge in [-0.25, -0.2) is 8.42 Å². The highest BCUT2D eigenvalue weighted by Gasteiger charge is 2.27. The van der Waals surface area contributed by atoms with Crippen LogP contribution in [0.1, 0.15) is 11.8 Å². The van der Waals surface area contributed by atoms with E-state index in [9.17, 15) is 8.42 Å². The van der Waals surface area contributed by atoms with Gasteiger partial charge in [-0.3, -0.25) is 4.68 Å². The number of nitrogens with zero attached hydrogens (tertiary/aromatic N) is 3. The SMILES string of the molecule is CC(Cc1cccs1)N(C)S(=O)(=O)c1cnn(CCO)c1. The van der Waals surface area contributed by atoms with Crippen LogP contribution in [0.25, 0.3) is 0 Å². The Morgan fingerprint density at radius 3 is 2.90 bits per heavy atom. The van der Waals surface area contributed by atoms with E-state index in [1.807, 2.05) is 24.4 Å². The third kappa shape index (κ3) is 3.70. The first kappa shape index (κ1) is 16.2. The minimum Gasteiger partial charge on any atom is -0.394 e. The molecular weight excluding hydrogens is 310 g/mol. The van der Waals surface area contributed by atoms with Crippen molar-refractivity contribution in [2.24, 2.45) is 0 Å². The highest BCUT2D eigenvalue weighted by Crippen LogP contribution is 2.19. The lowest BCUT2D eigenvalue weighted by molar-refractivity contribution is 0.269. The average molecular weight is 329 g/mol. The molecule has 0 aliphatic rings. The molecule has 0 radical (unpaired) electrons. The van der Waals surface area contributed by atoms with Crippen LogP contribution in [-0.4, -0.2) is 47.3 Å². The van der Waals surface area contributed by atoms with Crippen molar-refractivity contribution in [3.05, 3.63) is 34.8 Å². The largest absolute Gasteiger partial charge is 0.394 e. The lowest BCUT2D eigenvalue weighted by atomic mass is 10.2. The molecule has 0 aliphatic heterocycles. The molecule has 1 unspecified atom stereocenters. The summed E-state index contributed by atoms with van der Waals surface area (Å²) in [5, 5.41) is 14.8. The molecule has 1 atom stereocenters. The van der Waals surface area contributed by atoms with Crippen LogP contribution in [0, 0.1) is 0 Å². The van der Waals surface area contributed by atoms with Crippen molar-refractivity contribution in [2.45, 2.75) is 30.8 Å². The maximum Gasteiger partial charge on any atom is 0.246 e. The number of thiophene rings is 1. The van der Waals surface area contributed by atoms with Crippen molar-refractivity contribution in [1.82, 2.24) is 14.1 Å². The monoisotopic (exact) mass is 329 g/mol. The summed E-state index contributed by atoms with van der Waals surface area (Å²) < 4.78 is 27.9. The molecule has 0 aromatic carbocycles. The molecule has 0 saturated heterocycles. The van der Waals surface area contributed by atoms with E-state index in [1.54, 1.807) is 18.4 Å². The quantitative estimate of drug-likeness (QED) is 0.828. The molecule has 1 N–H and O–H groups in total. The number of rotatable bonds is 7. The summed E-state index contributed by atoms with van der Waals surface area (Å²) in [4.78, 5) is 1.30. The molecule has 0 fully saturated rings. The topological polar surface area (TPSA) is 75.4 Å². The van der Waals surface area contributed by atoms with Gasteiger partial charge in [-0.1, -0.05) is 6.07 Å². The highest BCUT2D eigenvalue weighted by atomic mass is 32.2. The molecule has 116 valence electrons. The third-order valence-corrected chi connectivity index (χ3v) is 6.14. The van der Waals surface area contributed by atoms with Crippen LogP contribution in [0.4, 0.5) is 0 Å². The van der Waals surface area contributed by atoms with Crippen LogP contribution < -0.4 is 0 Å². The van der Waals surface area contributed by atoms with Crippen LogP contribution in [-0.2, 0) is 23.0 Å². The van der Waals surface area contributed by atoms with E-state index in [2.05, 4.69) is 5.10 Å². The second-order valence-corrected chi connectivity index (χ2v) is 7.85. The van der Waals surface area contributed by atoms with Crippen molar-refractivity contribution in [1.29, 1.82) is 0 Å². The standard InChI is InChI=1S/C13H19N3O3S2/c1-11(8-12-4-3-7-20-12)15(2)21(18,19)13-9-14-16(10-13)5-6-17/h3-4,7,9-11,17H,5-6,8H2,1-2H3. The number of aliphatic hydroxyl groups is 1. The number of likely N-dealkylation sites (N-methyl/N-ethyl adjacent to an activating group) is 1. The van der Waals surface area contributed by atoms with E-state index >= 15 is 0 Å². The molecule has 0 amide bonds. The van der Waals surface area contributed by atoms with Gasteiger partial charge in [0.2, 0.25) is 10.0 Å². The van der Waals surface area contributed by atoms with Gasteiger partial charge < -0.3 is 5.11 Å². The summed E-state index contributed by atoms with van der Waals surface area (Å²) in [6, 6.07) is 3.82. The Hall–Kier alpha value is -1.22. The smallest absolute Gasteiger partial charge is 0.246 e. The van der Waals surface area contributed by atoms with Gasteiger partial charge in [0.25, 0.3) is 0 Å². The zero-order chi connectivity index (χ0) is 15.5. The van der Waals surface area contributed by atoms with Gasteiger partial charge >= 0.3 is 0 Å². The highest BCUT2D eigenvalue weighted by molar-refractivity contribution is 7.89. The normalized spacial score (nSPS) is 13.7. The zero-order valence-electron chi connectivity index (χ0n) is 12.0. The average Bonchev–Trinajstić information content (AvgIpc) is 3.09. The fourth-order valence-electron chi connectivity index (χ4n) is 1.95. The van der Waals surface area contributed by atoms with Gasteiger partial charge in [0, 0.05) is 24.2 Å². The zero-order valence-corrected chi connectivity index (χ0v) is 13.6. The molecule has 8 heteroatoms. The van der Waals surface area contributed by atoms with Crippen LogP contribution >= 0.6 is 11.3 Å². The summed E-state index contributed by atoms with van der Waals surface area (Å²) in [6.07, 6.45) is 3.44. The Bertz CT molecular complexity index is 665. The number of aliphatic hydroxyl groups excluding tert-OH is 1. The first-order chi connectivity index (χ1) is 9.95. The molecule has 0 bridgehead atoms. The Kier molecular flexibility index (Phi) is 5.15. The van der Waals surface area contributed by atoms with E-state index in [-0.39, 0.29) is 24.1 Å². The molecule has 2 rings (SSSR count). The van der Waals surface area contributed by atoms with E-state index in [4.69, 9.17) is 5.11 Å². The third-order valence-electron chi connectivity index (χ3n) is 3.31. The van der Waals surface area contributed by atoms with Gasteiger partial charge in [0.15, 0.2) is 0 Å². The summed E-state index contributed by atoms with van der Waals surface area (Å²) >= 11 is 1.62. The van der Waals surface area contributed by atoms with Crippen molar-refractivity contribution in [3.63, 3.8) is 0 Å². The van der Waals surface area contributed by atoms with Crippen LogP contribution in [0.15, 0.2) is 34.8 Å². The van der Waals surface area contributed by atoms with Gasteiger partial charge in [-0.05, 0) is 24.8 Å². The Morgan fingerprint density at radius 2 is 2.29 bits per heavy atom. The molecular formula is C13H19N3O3S2. The minimum atomic E-state index is -3.57. The second-order valence-electron chi connectivity index (χ2n) is 4.82. The predicted octanol–water partition coefficient (Wildman–Crippen LogP) is 1.19. The fourth-order valence-corrected chi connectivity index (χ4v) is 4.10. The molecule has 2 heterocycles. The molecule has 6 nitrogen and oxygen atoms in total. The summed E-state index contributed by atoms with van der Waals surface area (Å²) in [5.74, 6) is 0. The summed E-state index contributed by atoms with van der Waals surface area (Å²) in [6.45, 7) is 2.09. The summed E-state index contributed by atoms with van der Waals surface area (Å²) in [7, 11) is -1.99. The Labute approximate surface area is 128 Å². The van der Waals surface area contributed by atoms with Gasteiger partial charge in [0.05, 0.1) is 19.3 Å². The molecule has 2 aromatic heterocycles. The number of hydrogen-bond acceptors (Lipinski definition) is 5. The first-order valence-electron chi connectivity index (χ1n) is 6.59. The van der Waals surface area contributed by atoms with E-state index < -0.39 is 10.0 Å². The van der Waals surface area contributed by atoms with Gasteiger partial charge in [-0.15, -0.1) is 11.3 Å².